The zero-order valence-corrected chi connectivity index (χ0v) is 6.57. The molecule has 0 saturated carbocycles. The van der Waals surface area contributed by atoms with Gasteiger partial charge < -0.3 is 14.9 Å². The lowest BCUT2D eigenvalue weighted by molar-refractivity contribution is 0.0680. The Balaban J connectivity index is 2.58. The van der Waals surface area contributed by atoms with E-state index in [9.17, 15) is 4.79 Å². The summed E-state index contributed by atoms with van der Waals surface area (Å²) < 4.78 is 4.62. The van der Waals surface area contributed by atoms with Gasteiger partial charge in [-0.3, -0.25) is 0 Å². The summed E-state index contributed by atoms with van der Waals surface area (Å²) in [6.07, 6.45) is 0. The molecule has 0 bridgehead atoms. The van der Waals surface area contributed by atoms with Gasteiger partial charge >= 0.3 is 5.97 Å². The minimum atomic E-state index is -1.18. The summed E-state index contributed by atoms with van der Waals surface area (Å²) in [6.45, 7) is 3.09. The van der Waals surface area contributed by atoms with Crippen molar-refractivity contribution >= 4 is 5.97 Å². The lowest BCUT2D eigenvalue weighted by Crippen LogP contribution is -2.12. The number of aromatic carboxylic acids is 1. The molecule has 1 heterocycles. The topological polar surface area (TPSA) is 88.2 Å². The Kier molecular flexibility index (Phi) is 2.76. The number of carbonyl (C=O) groups is 1. The Morgan fingerprint density at radius 2 is 2.50 bits per heavy atom. The lowest BCUT2D eigenvalue weighted by Gasteiger charge is -1.91. The molecule has 6 heteroatoms. The number of nitrogens with one attached hydrogen (secondary N) is 1. The molecule has 12 heavy (non-hydrogen) atoms. The van der Waals surface area contributed by atoms with Gasteiger partial charge in [0.25, 0.3) is 5.82 Å². The molecule has 0 unspecified atom stereocenters. The van der Waals surface area contributed by atoms with Crippen LogP contribution in [0.1, 0.15) is 23.4 Å². The summed E-state index contributed by atoms with van der Waals surface area (Å²) in [4.78, 5) is 13.9. The number of nitrogens with zero attached hydrogens (tertiary/aromatic N) is 2. The first-order valence-corrected chi connectivity index (χ1v) is 3.50. The molecule has 6 nitrogen and oxygen atoms in total. The SMILES string of the molecule is CCNCc1nc(C(=O)O)no1. The van der Waals surface area contributed by atoms with Gasteiger partial charge in [0.2, 0.25) is 5.89 Å². The van der Waals surface area contributed by atoms with Crippen LogP contribution in [0.2, 0.25) is 0 Å². The van der Waals surface area contributed by atoms with Crippen molar-refractivity contribution in [2.75, 3.05) is 6.54 Å². The molecule has 0 aromatic carbocycles. The Morgan fingerprint density at radius 1 is 1.75 bits per heavy atom. The zero-order chi connectivity index (χ0) is 8.97. The molecule has 0 radical (unpaired) electrons. The molecule has 66 valence electrons. The van der Waals surface area contributed by atoms with Crippen LogP contribution in [-0.2, 0) is 6.54 Å². The maximum absolute atomic E-state index is 10.3. The average molecular weight is 171 g/mol. The summed E-state index contributed by atoms with van der Waals surface area (Å²) in [5, 5.41) is 14.6. The van der Waals surface area contributed by atoms with Crippen LogP contribution >= 0.6 is 0 Å². The monoisotopic (exact) mass is 171 g/mol. The second-order valence-electron chi connectivity index (χ2n) is 2.10. The minimum Gasteiger partial charge on any atom is -0.475 e. The van der Waals surface area contributed by atoms with E-state index < -0.39 is 5.97 Å². The summed E-state index contributed by atoms with van der Waals surface area (Å²) >= 11 is 0. The molecule has 0 aliphatic rings. The summed E-state index contributed by atoms with van der Waals surface area (Å²) in [7, 11) is 0. The van der Waals surface area contributed by atoms with Crippen LogP contribution < -0.4 is 5.32 Å². The third-order valence-corrected chi connectivity index (χ3v) is 1.19. The summed E-state index contributed by atoms with van der Waals surface area (Å²) in [5.74, 6) is -1.20. The van der Waals surface area contributed by atoms with Gasteiger partial charge in [-0.1, -0.05) is 6.92 Å². The fraction of sp³-hybridized carbons (Fsp3) is 0.500. The van der Waals surface area contributed by atoms with Crippen molar-refractivity contribution in [3.63, 3.8) is 0 Å². The van der Waals surface area contributed by atoms with Gasteiger partial charge in [-0.15, -0.1) is 0 Å². The largest absolute Gasteiger partial charge is 0.475 e. The molecule has 0 spiro atoms. The quantitative estimate of drug-likeness (QED) is 0.656. The second-order valence-corrected chi connectivity index (χ2v) is 2.10. The molecule has 2 N–H and O–H groups in total. The highest BCUT2D eigenvalue weighted by atomic mass is 16.5. The Hall–Kier alpha value is -1.43. The molecule has 1 rings (SSSR count). The van der Waals surface area contributed by atoms with E-state index in [1.54, 1.807) is 0 Å². The van der Waals surface area contributed by atoms with E-state index in [1.165, 1.54) is 0 Å². The van der Waals surface area contributed by atoms with E-state index in [0.29, 0.717) is 6.54 Å². The molecule has 0 aliphatic heterocycles. The van der Waals surface area contributed by atoms with Crippen molar-refractivity contribution in [2.45, 2.75) is 13.5 Å². The number of hydrogen-bond donors (Lipinski definition) is 2. The van der Waals surface area contributed by atoms with Gasteiger partial charge in [0.05, 0.1) is 6.54 Å². The van der Waals surface area contributed by atoms with Gasteiger partial charge in [-0.2, -0.15) is 4.98 Å². The van der Waals surface area contributed by atoms with Crippen LogP contribution in [0, 0.1) is 0 Å². The maximum atomic E-state index is 10.3. The van der Waals surface area contributed by atoms with Crippen LogP contribution in [-0.4, -0.2) is 27.8 Å². The molecule has 1 aromatic rings. The van der Waals surface area contributed by atoms with E-state index in [4.69, 9.17) is 5.11 Å². The predicted octanol–water partition coefficient (Wildman–Crippen LogP) is -0.123. The molecule has 0 atom stereocenters. The second kappa shape index (κ2) is 3.82. The van der Waals surface area contributed by atoms with Gasteiger partial charge in [0.15, 0.2) is 0 Å². The highest BCUT2D eigenvalue weighted by molar-refractivity contribution is 5.82. The van der Waals surface area contributed by atoms with Crippen molar-refractivity contribution in [3.05, 3.63) is 11.7 Å². The third-order valence-electron chi connectivity index (χ3n) is 1.19. The normalized spacial score (nSPS) is 10.1. The van der Waals surface area contributed by atoms with Crippen LogP contribution in [0.4, 0.5) is 0 Å². The molecular formula is C6H9N3O3. The van der Waals surface area contributed by atoms with Crippen molar-refractivity contribution in [1.82, 2.24) is 15.5 Å². The molecular weight excluding hydrogens is 162 g/mol. The van der Waals surface area contributed by atoms with E-state index in [2.05, 4.69) is 20.0 Å². The van der Waals surface area contributed by atoms with Crippen molar-refractivity contribution in [3.8, 4) is 0 Å². The number of aromatic nitrogens is 2. The first-order valence-electron chi connectivity index (χ1n) is 3.50. The third kappa shape index (κ3) is 2.03. The van der Waals surface area contributed by atoms with Gasteiger partial charge in [-0.25, -0.2) is 4.79 Å². The van der Waals surface area contributed by atoms with Crippen molar-refractivity contribution < 1.29 is 14.4 Å². The smallest absolute Gasteiger partial charge is 0.377 e. The molecule has 1 aromatic heterocycles. The Bertz CT molecular complexity index is 271. The zero-order valence-electron chi connectivity index (χ0n) is 6.57. The molecule has 0 aliphatic carbocycles. The summed E-state index contributed by atoms with van der Waals surface area (Å²) in [5.41, 5.74) is 0. The highest BCUT2D eigenvalue weighted by Crippen LogP contribution is 1.95. The van der Waals surface area contributed by atoms with E-state index >= 15 is 0 Å². The van der Waals surface area contributed by atoms with Crippen LogP contribution in [0.25, 0.3) is 0 Å². The van der Waals surface area contributed by atoms with Crippen molar-refractivity contribution in [1.29, 1.82) is 0 Å². The lowest BCUT2D eigenvalue weighted by atomic mass is 10.6. The molecule has 0 amide bonds. The van der Waals surface area contributed by atoms with Gasteiger partial charge in [0.1, 0.15) is 0 Å². The molecule has 0 fully saturated rings. The van der Waals surface area contributed by atoms with Gasteiger partial charge in [0, 0.05) is 0 Å². The number of carboxylic acids is 1. The summed E-state index contributed by atoms with van der Waals surface area (Å²) in [6, 6.07) is 0. The van der Waals surface area contributed by atoms with Crippen LogP contribution in [0.15, 0.2) is 4.52 Å². The van der Waals surface area contributed by atoms with Crippen LogP contribution in [0.5, 0.6) is 0 Å². The maximum Gasteiger partial charge on any atom is 0.377 e. The minimum absolute atomic E-state index is 0.286. The van der Waals surface area contributed by atoms with Gasteiger partial charge in [-0.05, 0) is 11.7 Å². The average Bonchev–Trinajstić information content (AvgIpc) is 2.48. The fourth-order valence-electron chi connectivity index (χ4n) is 0.645. The van der Waals surface area contributed by atoms with Crippen molar-refractivity contribution in [2.24, 2.45) is 0 Å². The van der Waals surface area contributed by atoms with Crippen LogP contribution in [0.3, 0.4) is 0 Å². The predicted molar refractivity (Wildman–Crippen MR) is 38.6 cm³/mol. The number of rotatable bonds is 4. The Morgan fingerprint density at radius 3 is 3.00 bits per heavy atom. The first kappa shape index (κ1) is 8.66. The Labute approximate surface area is 68.6 Å². The van der Waals surface area contributed by atoms with E-state index in [0.717, 1.165) is 6.54 Å². The van der Waals surface area contributed by atoms with E-state index in [-0.39, 0.29) is 11.7 Å². The fourth-order valence-corrected chi connectivity index (χ4v) is 0.645. The first-order chi connectivity index (χ1) is 5.74. The van der Waals surface area contributed by atoms with E-state index in [1.807, 2.05) is 6.92 Å². The standard InChI is InChI=1S/C6H9N3O3/c1-2-7-3-4-8-5(6(10)11)9-12-4/h7H,2-3H2,1H3,(H,10,11). The molecule has 0 saturated heterocycles. The number of carboxylic acid groups (broad SMARTS) is 1. The highest BCUT2D eigenvalue weighted by Gasteiger charge is 2.11. The number of hydrogen-bond acceptors (Lipinski definition) is 5.